The lowest BCUT2D eigenvalue weighted by molar-refractivity contribution is -0.133. The van der Waals surface area contributed by atoms with Crippen molar-refractivity contribution in [3.05, 3.63) is 29.8 Å². The van der Waals surface area contributed by atoms with E-state index in [9.17, 15) is 4.79 Å². The minimum atomic E-state index is -0.390. The van der Waals surface area contributed by atoms with Crippen LogP contribution in [0, 0.1) is 12.3 Å². The Hall–Kier alpha value is -1.10. The van der Waals surface area contributed by atoms with Crippen LogP contribution in [0.5, 0.6) is 0 Å². The number of hydrogen-bond acceptors (Lipinski definition) is 3. The van der Waals surface area contributed by atoms with Crippen LogP contribution < -0.4 is 10.2 Å². The summed E-state index contributed by atoms with van der Waals surface area (Å²) in [6.45, 7) is 4.27. The molecule has 2 rings (SSSR count). The Kier molecular flexibility index (Phi) is 6.65. The minimum Gasteiger partial charge on any atom is -0.384 e. The largest absolute Gasteiger partial charge is 0.384 e. The van der Waals surface area contributed by atoms with Crippen molar-refractivity contribution in [2.45, 2.75) is 19.8 Å². The summed E-state index contributed by atoms with van der Waals surface area (Å²) in [7, 11) is 3.53. The second kappa shape index (κ2) is 7.78. The van der Waals surface area contributed by atoms with E-state index in [1.165, 1.54) is 0 Å². The summed E-state index contributed by atoms with van der Waals surface area (Å²) in [4.78, 5) is 14.7. The normalized spacial score (nSPS) is 16.9. The van der Waals surface area contributed by atoms with Crippen LogP contribution in [0.15, 0.2) is 24.3 Å². The molecule has 1 saturated heterocycles. The van der Waals surface area contributed by atoms with Crippen molar-refractivity contribution in [3.8, 4) is 0 Å². The number of carbonyl (C=O) groups is 1. The number of amides is 1. The highest BCUT2D eigenvalue weighted by Crippen LogP contribution is 2.33. The van der Waals surface area contributed by atoms with E-state index in [1.54, 1.807) is 12.0 Å². The zero-order valence-electron chi connectivity index (χ0n) is 13.0. The van der Waals surface area contributed by atoms with E-state index in [-0.39, 0.29) is 18.3 Å². The van der Waals surface area contributed by atoms with Gasteiger partial charge in [-0.3, -0.25) is 4.79 Å². The van der Waals surface area contributed by atoms with E-state index in [0.29, 0.717) is 6.61 Å². The monoisotopic (exact) mass is 312 g/mol. The summed E-state index contributed by atoms with van der Waals surface area (Å²) in [5.41, 5.74) is 1.72. The molecule has 1 aromatic carbocycles. The van der Waals surface area contributed by atoms with E-state index in [1.807, 2.05) is 38.2 Å². The highest BCUT2D eigenvalue weighted by Gasteiger charge is 2.41. The molecule has 1 aliphatic heterocycles. The number of anilines is 1. The van der Waals surface area contributed by atoms with Gasteiger partial charge in [-0.1, -0.05) is 12.1 Å². The van der Waals surface area contributed by atoms with Crippen LogP contribution >= 0.6 is 12.4 Å². The zero-order valence-corrected chi connectivity index (χ0v) is 13.8. The molecule has 1 fully saturated rings. The van der Waals surface area contributed by atoms with Crippen LogP contribution in [-0.2, 0) is 9.53 Å². The van der Waals surface area contributed by atoms with E-state index >= 15 is 0 Å². The van der Waals surface area contributed by atoms with Crippen molar-refractivity contribution in [1.82, 2.24) is 5.32 Å². The molecule has 1 heterocycles. The van der Waals surface area contributed by atoms with Crippen molar-refractivity contribution in [3.63, 3.8) is 0 Å². The second-order valence-electron chi connectivity index (χ2n) is 5.67. The molecule has 1 aliphatic rings. The smallest absolute Gasteiger partial charge is 0.235 e. The lowest BCUT2D eigenvalue weighted by Gasteiger charge is -2.38. The highest BCUT2D eigenvalue weighted by molar-refractivity contribution is 5.97. The number of methoxy groups -OCH3 is 1. The molecule has 0 radical (unpaired) electrons. The van der Waals surface area contributed by atoms with Crippen molar-refractivity contribution >= 4 is 24.0 Å². The maximum Gasteiger partial charge on any atom is 0.235 e. The summed E-state index contributed by atoms with van der Waals surface area (Å²) < 4.78 is 5.34. The zero-order chi connectivity index (χ0) is 14.6. The molecule has 0 unspecified atom stereocenters. The number of nitrogens with one attached hydrogen (secondary N) is 1. The Bertz CT molecular complexity index is 468. The fraction of sp³-hybridized carbons (Fsp3) is 0.562. The number of aryl methyl sites for hydroxylation is 1. The third kappa shape index (κ3) is 3.96. The van der Waals surface area contributed by atoms with Crippen LogP contribution in [0.3, 0.4) is 0 Å². The van der Waals surface area contributed by atoms with Crippen molar-refractivity contribution in [2.24, 2.45) is 5.41 Å². The molecular weight excluding hydrogens is 288 g/mol. The molecule has 4 nitrogen and oxygen atoms in total. The molecule has 118 valence electrons. The summed E-state index contributed by atoms with van der Waals surface area (Å²) in [6, 6.07) is 8.04. The molecule has 1 N–H and O–H groups in total. The lowest BCUT2D eigenvalue weighted by atomic mass is 9.78. The molecule has 0 bridgehead atoms. The van der Waals surface area contributed by atoms with Gasteiger partial charge in [-0.2, -0.15) is 0 Å². The summed E-state index contributed by atoms with van der Waals surface area (Å²) in [5, 5.41) is 3.31. The first kappa shape index (κ1) is 18.0. The number of benzene rings is 1. The minimum absolute atomic E-state index is 0. The molecule has 0 spiro atoms. The van der Waals surface area contributed by atoms with Gasteiger partial charge in [-0.15, -0.1) is 12.4 Å². The Morgan fingerprint density at radius 1 is 1.38 bits per heavy atom. The van der Waals surface area contributed by atoms with Crippen LogP contribution in [0.25, 0.3) is 0 Å². The maximum absolute atomic E-state index is 12.9. The highest BCUT2D eigenvalue weighted by atomic mass is 35.5. The Morgan fingerprint density at radius 3 is 2.62 bits per heavy atom. The fourth-order valence-electron chi connectivity index (χ4n) is 2.91. The van der Waals surface area contributed by atoms with Gasteiger partial charge in [0.15, 0.2) is 0 Å². The van der Waals surface area contributed by atoms with Gasteiger partial charge in [0.25, 0.3) is 0 Å². The van der Waals surface area contributed by atoms with Crippen molar-refractivity contribution in [2.75, 3.05) is 38.8 Å². The number of nitrogens with zero attached hydrogens (tertiary/aromatic N) is 1. The molecule has 5 heteroatoms. The molecule has 0 saturated carbocycles. The fourth-order valence-corrected chi connectivity index (χ4v) is 2.91. The summed E-state index contributed by atoms with van der Waals surface area (Å²) in [6.07, 6.45) is 1.66. The standard InChI is InChI=1S/C16H24N2O2.ClH/c1-13-5-4-6-14(11-13)18(2)15(19)16(12-20-3)7-9-17-10-8-16;/h4-6,11,17H,7-10,12H2,1-3H3;1H. The first-order valence-electron chi connectivity index (χ1n) is 7.13. The van der Waals surface area contributed by atoms with E-state index in [4.69, 9.17) is 4.74 Å². The summed E-state index contributed by atoms with van der Waals surface area (Å²) in [5.74, 6) is 0.159. The number of halogens is 1. The van der Waals surface area contributed by atoms with Crippen LogP contribution in [0.1, 0.15) is 18.4 Å². The van der Waals surface area contributed by atoms with Gasteiger partial charge in [-0.05, 0) is 50.6 Å². The second-order valence-corrected chi connectivity index (χ2v) is 5.67. The molecule has 21 heavy (non-hydrogen) atoms. The van der Waals surface area contributed by atoms with Crippen LogP contribution in [0.4, 0.5) is 5.69 Å². The molecule has 0 aromatic heterocycles. The van der Waals surface area contributed by atoms with E-state index < -0.39 is 5.41 Å². The molecule has 0 atom stereocenters. The van der Waals surface area contributed by atoms with Crippen molar-refractivity contribution < 1.29 is 9.53 Å². The molecular formula is C16H25ClN2O2. The van der Waals surface area contributed by atoms with E-state index in [2.05, 4.69) is 5.32 Å². The first-order chi connectivity index (χ1) is 9.59. The topological polar surface area (TPSA) is 41.6 Å². The SMILES string of the molecule is COCC1(C(=O)N(C)c2cccc(C)c2)CCNCC1.Cl. The van der Waals surface area contributed by atoms with Gasteiger partial charge in [0, 0.05) is 19.8 Å². The van der Waals surface area contributed by atoms with Crippen molar-refractivity contribution in [1.29, 1.82) is 0 Å². The number of piperidine rings is 1. The quantitative estimate of drug-likeness (QED) is 0.928. The Labute approximate surface area is 133 Å². The molecule has 0 aliphatic carbocycles. The van der Waals surface area contributed by atoms with Gasteiger partial charge < -0.3 is 15.0 Å². The Balaban J connectivity index is 0.00000220. The Morgan fingerprint density at radius 2 is 2.05 bits per heavy atom. The van der Waals surface area contributed by atoms with Gasteiger partial charge in [-0.25, -0.2) is 0 Å². The van der Waals surface area contributed by atoms with Gasteiger partial charge >= 0.3 is 0 Å². The number of rotatable bonds is 4. The number of ether oxygens (including phenoxy) is 1. The maximum atomic E-state index is 12.9. The summed E-state index contributed by atoms with van der Waals surface area (Å²) >= 11 is 0. The predicted octanol–water partition coefficient (Wildman–Crippen LogP) is 2.40. The van der Waals surface area contributed by atoms with Crippen LogP contribution in [0.2, 0.25) is 0 Å². The number of carbonyl (C=O) groups excluding carboxylic acids is 1. The van der Waals surface area contributed by atoms with Gasteiger partial charge in [0.1, 0.15) is 0 Å². The third-order valence-electron chi connectivity index (χ3n) is 4.13. The average Bonchev–Trinajstić information content (AvgIpc) is 2.47. The predicted molar refractivity (Wildman–Crippen MR) is 88.2 cm³/mol. The third-order valence-corrected chi connectivity index (χ3v) is 4.13. The average molecular weight is 313 g/mol. The number of hydrogen-bond donors (Lipinski definition) is 1. The lowest BCUT2D eigenvalue weighted by Crippen LogP contribution is -2.50. The first-order valence-corrected chi connectivity index (χ1v) is 7.13. The molecule has 1 amide bonds. The van der Waals surface area contributed by atoms with Gasteiger partial charge in [0.05, 0.1) is 12.0 Å². The van der Waals surface area contributed by atoms with E-state index in [0.717, 1.165) is 37.2 Å². The molecule has 1 aromatic rings. The van der Waals surface area contributed by atoms with Gasteiger partial charge in [0.2, 0.25) is 5.91 Å². The van der Waals surface area contributed by atoms with Crippen LogP contribution in [-0.4, -0.2) is 39.8 Å².